The number of carbonyl (C=O) groups is 1. The van der Waals surface area contributed by atoms with Crippen molar-refractivity contribution in [2.45, 2.75) is 6.92 Å². The summed E-state index contributed by atoms with van der Waals surface area (Å²) in [6, 6.07) is 8.49. The van der Waals surface area contributed by atoms with Gasteiger partial charge in [0.1, 0.15) is 5.82 Å². The molecular weight excluding hydrogens is 325 g/mol. The molecule has 0 aliphatic carbocycles. The number of H-pyrrole nitrogens is 1. The van der Waals surface area contributed by atoms with Gasteiger partial charge in [0.25, 0.3) is 0 Å². The molecule has 6 nitrogen and oxygen atoms in total. The number of aromatic amines is 1. The highest BCUT2D eigenvalue weighted by molar-refractivity contribution is 5.95. The Morgan fingerprint density at radius 1 is 1.24 bits per heavy atom. The number of nitrogens with zero attached hydrogens (tertiary/aromatic N) is 1. The van der Waals surface area contributed by atoms with Crippen molar-refractivity contribution in [1.82, 2.24) is 10.2 Å². The molecule has 2 heterocycles. The van der Waals surface area contributed by atoms with Crippen molar-refractivity contribution in [3.8, 4) is 11.5 Å². The van der Waals surface area contributed by atoms with E-state index < -0.39 is 5.82 Å². The number of hydrogen-bond donors (Lipinski definition) is 2. The lowest BCUT2D eigenvalue weighted by Gasteiger charge is -2.03. The van der Waals surface area contributed by atoms with Gasteiger partial charge in [-0.25, -0.2) is 4.39 Å². The molecule has 4 rings (SSSR count). The van der Waals surface area contributed by atoms with Gasteiger partial charge in [0.05, 0.1) is 16.9 Å². The molecule has 0 fully saturated rings. The Morgan fingerprint density at radius 2 is 2.08 bits per heavy atom. The molecule has 1 aliphatic rings. The van der Waals surface area contributed by atoms with Crippen molar-refractivity contribution in [2.24, 2.45) is 0 Å². The van der Waals surface area contributed by atoms with Gasteiger partial charge >= 0.3 is 0 Å². The quantitative estimate of drug-likeness (QED) is 0.765. The van der Waals surface area contributed by atoms with Gasteiger partial charge in [-0.05, 0) is 29.8 Å². The first-order chi connectivity index (χ1) is 12.1. The lowest BCUT2D eigenvalue weighted by atomic mass is 10.1. The summed E-state index contributed by atoms with van der Waals surface area (Å²) < 4.78 is 24.6. The second-order valence-electron chi connectivity index (χ2n) is 5.61. The van der Waals surface area contributed by atoms with E-state index in [1.807, 2.05) is 30.4 Å². The van der Waals surface area contributed by atoms with Crippen molar-refractivity contribution >= 4 is 34.6 Å². The maximum atomic E-state index is 14.0. The number of amides is 1. The van der Waals surface area contributed by atoms with E-state index in [9.17, 15) is 9.18 Å². The monoisotopic (exact) mass is 339 g/mol. The average molecular weight is 339 g/mol. The Labute approximate surface area is 142 Å². The maximum absolute atomic E-state index is 14.0. The number of carbonyl (C=O) groups excluding carboxylic acids is 1. The topological polar surface area (TPSA) is 76.2 Å². The molecule has 126 valence electrons. The van der Waals surface area contributed by atoms with Crippen LogP contribution in [0.1, 0.15) is 18.2 Å². The predicted octanol–water partition coefficient (Wildman–Crippen LogP) is 3.56. The molecular formula is C18H14FN3O3. The molecule has 1 aliphatic heterocycles. The van der Waals surface area contributed by atoms with Crippen molar-refractivity contribution < 1.29 is 18.7 Å². The van der Waals surface area contributed by atoms with Crippen molar-refractivity contribution in [1.29, 1.82) is 0 Å². The van der Waals surface area contributed by atoms with Gasteiger partial charge in [0.15, 0.2) is 11.5 Å². The van der Waals surface area contributed by atoms with E-state index in [1.165, 1.54) is 13.0 Å². The molecule has 7 heteroatoms. The van der Waals surface area contributed by atoms with Crippen molar-refractivity contribution in [2.75, 3.05) is 12.1 Å². The summed E-state index contributed by atoms with van der Waals surface area (Å²) >= 11 is 0. The number of hydrogen-bond acceptors (Lipinski definition) is 4. The molecule has 2 N–H and O–H groups in total. The number of halogens is 1. The first-order valence-corrected chi connectivity index (χ1v) is 7.63. The Hall–Kier alpha value is -3.35. The fourth-order valence-electron chi connectivity index (χ4n) is 2.66. The molecule has 1 amide bonds. The Bertz CT molecular complexity index is 1010. The van der Waals surface area contributed by atoms with Crippen LogP contribution in [0.5, 0.6) is 11.5 Å². The lowest BCUT2D eigenvalue weighted by molar-refractivity contribution is -0.114. The number of rotatable bonds is 3. The highest BCUT2D eigenvalue weighted by Gasteiger charge is 2.13. The van der Waals surface area contributed by atoms with Crippen LogP contribution in [0.2, 0.25) is 0 Å². The molecule has 0 spiro atoms. The summed E-state index contributed by atoms with van der Waals surface area (Å²) in [5.41, 5.74) is 2.24. The van der Waals surface area contributed by atoms with Crippen LogP contribution < -0.4 is 14.8 Å². The van der Waals surface area contributed by atoms with Crippen LogP contribution in [0.3, 0.4) is 0 Å². The van der Waals surface area contributed by atoms with Gasteiger partial charge in [-0.3, -0.25) is 9.89 Å². The van der Waals surface area contributed by atoms with Crippen molar-refractivity contribution in [3.05, 3.63) is 47.4 Å². The third-order valence-corrected chi connectivity index (χ3v) is 3.82. The first kappa shape index (κ1) is 15.2. The van der Waals surface area contributed by atoms with E-state index in [-0.39, 0.29) is 18.4 Å². The molecule has 1 aromatic heterocycles. The zero-order chi connectivity index (χ0) is 17.4. The summed E-state index contributed by atoms with van der Waals surface area (Å²) in [6.45, 7) is 1.56. The SMILES string of the molecule is CC(=O)Nc1cc2c(C=Cc3ccc4c(c3)OCO4)n[nH]c2cc1F. The second kappa shape index (κ2) is 5.94. The third kappa shape index (κ3) is 2.91. The second-order valence-corrected chi connectivity index (χ2v) is 5.61. The molecule has 0 atom stereocenters. The molecule has 25 heavy (non-hydrogen) atoms. The summed E-state index contributed by atoms with van der Waals surface area (Å²) in [5.74, 6) is 0.568. The molecule has 0 radical (unpaired) electrons. The van der Waals surface area contributed by atoms with Crippen LogP contribution in [0.25, 0.3) is 23.1 Å². The van der Waals surface area contributed by atoms with E-state index in [2.05, 4.69) is 15.5 Å². The molecule has 0 unspecified atom stereocenters. The van der Waals surface area contributed by atoms with Gasteiger partial charge in [0.2, 0.25) is 12.7 Å². The normalized spacial score (nSPS) is 12.9. The maximum Gasteiger partial charge on any atom is 0.231 e. The number of benzene rings is 2. The van der Waals surface area contributed by atoms with Gasteiger partial charge in [-0.15, -0.1) is 0 Å². The first-order valence-electron chi connectivity index (χ1n) is 7.63. The van der Waals surface area contributed by atoms with E-state index in [1.54, 1.807) is 6.07 Å². The van der Waals surface area contributed by atoms with E-state index in [0.29, 0.717) is 22.3 Å². The average Bonchev–Trinajstić information content (AvgIpc) is 3.19. The summed E-state index contributed by atoms with van der Waals surface area (Å²) in [6.07, 6.45) is 3.69. The van der Waals surface area contributed by atoms with Gasteiger partial charge < -0.3 is 14.8 Å². The lowest BCUT2D eigenvalue weighted by Crippen LogP contribution is -2.07. The zero-order valence-electron chi connectivity index (χ0n) is 13.3. The third-order valence-electron chi connectivity index (χ3n) is 3.82. The smallest absolute Gasteiger partial charge is 0.231 e. The fourth-order valence-corrected chi connectivity index (χ4v) is 2.66. The fraction of sp³-hybridized carbons (Fsp3) is 0.111. The number of fused-ring (bicyclic) bond motifs is 2. The Morgan fingerprint density at radius 3 is 2.92 bits per heavy atom. The molecule has 0 bridgehead atoms. The summed E-state index contributed by atoms with van der Waals surface area (Å²) in [4.78, 5) is 11.2. The molecule has 0 saturated heterocycles. The number of anilines is 1. The standard InChI is InChI=1S/C18H14FN3O3/c1-10(23)20-16-7-12-14(21-22-15(12)8-13(16)19)4-2-11-3-5-17-18(6-11)25-9-24-17/h2-8H,9H2,1H3,(H,20,23)(H,21,22). The van der Waals surface area contributed by atoms with Gasteiger partial charge in [-0.2, -0.15) is 5.10 Å². The van der Waals surface area contributed by atoms with Crippen LogP contribution in [-0.2, 0) is 4.79 Å². The van der Waals surface area contributed by atoms with Crippen LogP contribution in [0, 0.1) is 5.82 Å². The minimum atomic E-state index is -0.516. The number of aromatic nitrogens is 2. The van der Waals surface area contributed by atoms with E-state index >= 15 is 0 Å². The van der Waals surface area contributed by atoms with Crippen LogP contribution in [0.4, 0.5) is 10.1 Å². The molecule has 3 aromatic rings. The number of nitrogens with one attached hydrogen (secondary N) is 2. The minimum absolute atomic E-state index is 0.124. The Balaban J connectivity index is 1.68. The van der Waals surface area contributed by atoms with Gasteiger partial charge in [-0.1, -0.05) is 12.1 Å². The largest absolute Gasteiger partial charge is 0.454 e. The Kier molecular flexibility index (Phi) is 3.61. The van der Waals surface area contributed by atoms with Gasteiger partial charge in [0, 0.05) is 18.4 Å². The highest BCUT2D eigenvalue weighted by atomic mass is 19.1. The minimum Gasteiger partial charge on any atom is -0.454 e. The zero-order valence-corrected chi connectivity index (χ0v) is 13.3. The van der Waals surface area contributed by atoms with Crippen LogP contribution >= 0.6 is 0 Å². The summed E-state index contributed by atoms with van der Waals surface area (Å²) in [5, 5.41) is 10.2. The van der Waals surface area contributed by atoms with Crippen LogP contribution in [0.15, 0.2) is 30.3 Å². The summed E-state index contributed by atoms with van der Waals surface area (Å²) in [7, 11) is 0. The van der Waals surface area contributed by atoms with Crippen molar-refractivity contribution in [3.63, 3.8) is 0 Å². The number of ether oxygens (including phenoxy) is 2. The highest BCUT2D eigenvalue weighted by Crippen LogP contribution is 2.33. The van der Waals surface area contributed by atoms with E-state index in [0.717, 1.165) is 11.3 Å². The molecule has 2 aromatic carbocycles. The predicted molar refractivity (Wildman–Crippen MR) is 91.8 cm³/mol. The molecule has 0 saturated carbocycles. The van der Waals surface area contributed by atoms with E-state index in [4.69, 9.17) is 9.47 Å². The van der Waals surface area contributed by atoms with Crippen LogP contribution in [-0.4, -0.2) is 22.9 Å².